The van der Waals surface area contributed by atoms with E-state index in [4.69, 9.17) is 11.6 Å². The number of thiazole rings is 1. The number of fused-ring (bicyclic) bond motifs is 1. The third-order valence-electron chi connectivity index (χ3n) is 2.92. The first kappa shape index (κ1) is 12.4. The molecule has 0 saturated carbocycles. The Morgan fingerprint density at radius 1 is 1.42 bits per heavy atom. The van der Waals surface area contributed by atoms with Crippen molar-refractivity contribution in [3.05, 3.63) is 40.3 Å². The lowest BCUT2D eigenvalue weighted by molar-refractivity contribution is -0.115. The predicted molar refractivity (Wildman–Crippen MR) is 77.8 cm³/mol. The predicted octanol–water partition coefficient (Wildman–Crippen LogP) is 2.84. The molecule has 1 aromatic heterocycles. The zero-order chi connectivity index (χ0) is 13.2. The summed E-state index contributed by atoms with van der Waals surface area (Å²) in [4.78, 5) is 18.2. The summed E-state index contributed by atoms with van der Waals surface area (Å²) >= 11 is 7.33. The molecule has 4 nitrogen and oxygen atoms in total. The molecule has 0 aliphatic carbocycles. The highest BCUT2D eigenvalue weighted by molar-refractivity contribution is 7.09. The summed E-state index contributed by atoms with van der Waals surface area (Å²) in [5, 5.41) is 5.80. The average molecular weight is 294 g/mol. The van der Waals surface area contributed by atoms with Crippen LogP contribution in [0.25, 0.3) is 0 Å². The van der Waals surface area contributed by atoms with Gasteiger partial charge >= 0.3 is 0 Å². The first-order valence-electron chi connectivity index (χ1n) is 5.89. The molecule has 1 N–H and O–H groups in total. The number of benzene rings is 1. The van der Waals surface area contributed by atoms with Crippen LogP contribution in [-0.4, -0.2) is 17.4 Å². The zero-order valence-electron chi connectivity index (χ0n) is 10.1. The number of aromatic nitrogens is 1. The molecule has 98 valence electrons. The number of halogens is 1. The van der Waals surface area contributed by atoms with Crippen molar-refractivity contribution < 1.29 is 4.79 Å². The van der Waals surface area contributed by atoms with Crippen LogP contribution in [-0.2, 0) is 17.2 Å². The average Bonchev–Trinajstić information content (AvgIpc) is 2.86. The second kappa shape index (κ2) is 5.19. The van der Waals surface area contributed by atoms with Gasteiger partial charge in [0.15, 0.2) is 0 Å². The smallest absolute Gasteiger partial charge is 0.243 e. The van der Waals surface area contributed by atoms with Crippen molar-refractivity contribution in [3.63, 3.8) is 0 Å². The number of anilines is 2. The molecule has 1 aromatic carbocycles. The number of nitrogens with zero attached hydrogens (tertiary/aromatic N) is 2. The van der Waals surface area contributed by atoms with E-state index in [1.165, 1.54) is 0 Å². The molecule has 0 bridgehead atoms. The fourth-order valence-corrected chi connectivity index (χ4v) is 3.13. The zero-order valence-corrected chi connectivity index (χ0v) is 11.7. The highest BCUT2D eigenvalue weighted by Crippen LogP contribution is 2.30. The maximum atomic E-state index is 11.7. The van der Waals surface area contributed by atoms with Crippen LogP contribution >= 0.6 is 22.9 Å². The van der Waals surface area contributed by atoms with E-state index in [0.29, 0.717) is 19.0 Å². The van der Waals surface area contributed by atoms with Gasteiger partial charge in [-0.05, 0) is 12.1 Å². The maximum Gasteiger partial charge on any atom is 0.243 e. The summed E-state index contributed by atoms with van der Waals surface area (Å²) in [6.07, 6.45) is 0. The van der Waals surface area contributed by atoms with Crippen LogP contribution in [0.4, 0.5) is 11.4 Å². The molecule has 0 saturated heterocycles. The standard InChI is InChI=1S/C13H12ClN3OS/c14-5-9-8-19-13(15-9)7-17-6-12(18)16-10-3-1-2-4-11(10)17/h1-4,8H,5-7H2,(H,16,18). The van der Waals surface area contributed by atoms with Gasteiger partial charge in [0.05, 0.1) is 36.0 Å². The Morgan fingerprint density at radius 2 is 2.26 bits per heavy atom. The number of carbonyl (C=O) groups excluding carboxylic acids is 1. The largest absolute Gasteiger partial charge is 0.354 e. The minimum Gasteiger partial charge on any atom is -0.354 e. The third kappa shape index (κ3) is 2.57. The van der Waals surface area contributed by atoms with Crippen LogP contribution < -0.4 is 10.2 Å². The van der Waals surface area contributed by atoms with E-state index < -0.39 is 0 Å². The van der Waals surface area contributed by atoms with Crippen LogP contribution in [0.1, 0.15) is 10.7 Å². The summed E-state index contributed by atoms with van der Waals surface area (Å²) in [6.45, 7) is 0.985. The lowest BCUT2D eigenvalue weighted by Gasteiger charge is -2.30. The highest BCUT2D eigenvalue weighted by atomic mass is 35.5. The molecular weight excluding hydrogens is 282 g/mol. The number of rotatable bonds is 3. The van der Waals surface area contributed by atoms with Gasteiger partial charge in [-0.25, -0.2) is 4.98 Å². The summed E-state index contributed by atoms with van der Waals surface area (Å²) in [5.41, 5.74) is 2.77. The molecule has 0 spiro atoms. The number of alkyl halides is 1. The third-order valence-corrected chi connectivity index (χ3v) is 4.07. The summed E-state index contributed by atoms with van der Waals surface area (Å²) in [6, 6.07) is 7.79. The van der Waals surface area contributed by atoms with Gasteiger partial charge in [-0.3, -0.25) is 4.79 Å². The van der Waals surface area contributed by atoms with E-state index in [1.807, 2.05) is 34.5 Å². The van der Waals surface area contributed by atoms with Gasteiger partial charge in [0.25, 0.3) is 0 Å². The monoisotopic (exact) mass is 293 g/mol. The number of para-hydroxylation sites is 2. The van der Waals surface area contributed by atoms with Gasteiger partial charge in [-0.15, -0.1) is 22.9 Å². The summed E-state index contributed by atoms with van der Waals surface area (Å²) in [5.74, 6) is 0.431. The minimum absolute atomic E-state index is 0.00724. The SMILES string of the molecule is O=C1CN(Cc2nc(CCl)cs2)c2ccccc2N1. The van der Waals surface area contributed by atoms with Crippen molar-refractivity contribution in [2.75, 3.05) is 16.8 Å². The van der Waals surface area contributed by atoms with Crippen molar-refractivity contribution >= 4 is 40.2 Å². The Morgan fingerprint density at radius 3 is 3.05 bits per heavy atom. The Hall–Kier alpha value is -1.59. The molecule has 0 unspecified atom stereocenters. The molecule has 1 aliphatic rings. The Labute approximate surface area is 120 Å². The van der Waals surface area contributed by atoms with E-state index in [1.54, 1.807) is 11.3 Å². The van der Waals surface area contributed by atoms with Crippen LogP contribution in [0.2, 0.25) is 0 Å². The fourth-order valence-electron chi connectivity index (χ4n) is 2.09. The molecular formula is C13H12ClN3OS. The Kier molecular flexibility index (Phi) is 3.40. The molecule has 2 heterocycles. The van der Waals surface area contributed by atoms with Gasteiger partial charge in [0, 0.05) is 5.38 Å². The molecule has 0 radical (unpaired) electrons. The van der Waals surface area contributed by atoms with Gasteiger partial charge in [0.1, 0.15) is 5.01 Å². The van der Waals surface area contributed by atoms with Crippen molar-refractivity contribution in [3.8, 4) is 0 Å². The molecule has 0 fully saturated rings. The topological polar surface area (TPSA) is 45.2 Å². The number of nitrogens with one attached hydrogen (secondary N) is 1. The van der Waals surface area contributed by atoms with Crippen molar-refractivity contribution in [1.82, 2.24) is 4.98 Å². The van der Waals surface area contributed by atoms with Crippen molar-refractivity contribution in [2.45, 2.75) is 12.4 Å². The van der Waals surface area contributed by atoms with Crippen molar-refractivity contribution in [2.24, 2.45) is 0 Å². The van der Waals surface area contributed by atoms with E-state index in [-0.39, 0.29) is 5.91 Å². The summed E-state index contributed by atoms with van der Waals surface area (Å²) in [7, 11) is 0. The highest BCUT2D eigenvalue weighted by Gasteiger charge is 2.22. The second-order valence-electron chi connectivity index (χ2n) is 4.29. The van der Waals surface area contributed by atoms with Crippen LogP contribution in [0.5, 0.6) is 0 Å². The van der Waals surface area contributed by atoms with Crippen molar-refractivity contribution in [1.29, 1.82) is 0 Å². The lowest BCUT2D eigenvalue weighted by Crippen LogP contribution is -2.37. The molecule has 19 heavy (non-hydrogen) atoms. The lowest BCUT2D eigenvalue weighted by atomic mass is 10.2. The minimum atomic E-state index is 0.00724. The number of carbonyl (C=O) groups is 1. The fraction of sp³-hybridized carbons (Fsp3) is 0.231. The molecule has 3 rings (SSSR count). The quantitative estimate of drug-likeness (QED) is 0.885. The first-order valence-corrected chi connectivity index (χ1v) is 7.31. The number of amides is 1. The van der Waals surface area contributed by atoms with E-state index in [2.05, 4.69) is 10.3 Å². The first-order chi connectivity index (χ1) is 9.26. The van der Waals surface area contributed by atoms with Crippen LogP contribution in [0.15, 0.2) is 29.6 Å². The maximum absolute atomic E-state index is 11.7. The molecule has 6 heteroatoms. The second-order valence-corrected chi connectivity index (χ2v) is 5.50. The van der Waals surface area contributed by atoms with E-state index in [9.17, 15) is 4.79 Å². The van der Waals surface area contributed by atoms with E-state index in [0.717, 1.165) is 22.1 Å². The molecule has 1 aliphatic heterocycles. The van der Waals surface area contributed by atoms with Gasteiger partial charge in [-0.1, -0.05) is 12.1 Å². The Balaban J connectivity index is 1.86. The molecule has 0 atom stereocenters. The van der Waals surface area contributed by atoms with Gasteiger partial charge in [-0.2, -0.15) is 0 Å². The number of hydrogen-bond acceptors (Lipinski definition) is 4. The Bertz CT molecular complexity index is 613. The van der Waals surface area contributed by atoms with Crippen LogP contribution in [0.3, 0.4) is 0 Å². The van der Waals surface area contributed by atoms with Crippen LogP contribution in [0, 0.1) is 0 Å². The normalized spacial score (nSPS) is 14.2. The number of hydrogen-bond donors (Lipinski definition) is 1. The summed E-state index contributed by atoms with van der Waals surface area (Å²) < 4.78 is 0. The van der Waals surface area contributed by atoms with Gasteiger partial charge in [0.2, 0.25) is 5.91 Å². The van der Waals surface area contributed by atoms with E-state index >= 15 is 0 Å². The van der Waals surface area contributed by atoms with Gasteiger partial charge < -0.3 is 10.2 Å². The molecule has 1 amide bonds. The molecule has 2 aromatic rings.